The summed E-state index contributed by atoms with van der Waals surface area (Å²) < 4.78 is 5.23. The van der Waals surface area contributed by atoms with Crippen molar-refractivity contribution in [2.45, 2.75) is 25.4 Å². The normalized spacial score (nSPS) is 25.1. The molecule has 3 aliphatic heterocycles. The highest BCUT2D eigenvalue weighted by molar-refractivity contribution is 5.98. The van der Waals surface area contributed by atoms with Gasteiger partial charge >= 0.3 is 0 Å². The van der Waals surface area contributed by atoms with Crippen LogP contribution in [0.4, 0.5) is 5.69 Å². The van der Waals surface area contributed by atoms with Crippen LogP contribution < -0.4 is 10.4 Å². The zero-order valence-corrected chi connectivity index (χ0v) is 19.2. The quantitative estimate of drug-likeness (QED) is 0.686. The molecule has 0 bridgehead atoms. The third kappa shape index (κ3) is 4.40. The number of methoxy groups -OCH3 is 1. The highest BCUT2D eigenvalue weighted by atomic mass is 16.5. The lowest BCUT2D eigenvalue weighted by molar-refractivity contribution is -0.140. The van der Waals surface area contributed by atoms with Gasteiger partial charge in [-0.05, 0) is 36.1 Å². The molecule has 2 aromatic carbocycles. The molecule has 0 spiro atoms. The van der Waals surface area contributed by atoms with Crippen molar-refractivity contribution >= 4 is 17.5 Å². The van der Waals surface area contributed by atoms with Crippen molar-refractivity contribution in [3.63, 3.8) is 0 Å². The molecule has 3 unspecified atom stereocenters. The molecule has 1 N–H and O–H groups in total. The van der Waals surface area contributed by atoms with E-state index in [-0.39, 0.29) is 29.7 Å². The second-order valence-electron chi connectivity index (χ2n) is 9.26. The topological polar surface area (TPSA) is 65.1 Å². The maximum absolute atomic E-state index is 13.8. The Morgan fingerprint density at radius 1 is 1.06 bits per heavy atom. The van der Waals surface area contributed by atoms with Gasteiger partial charge < -0.3 is 14.5 Å². The van der Waals surface area contributed by atoms with E-state index >= 15 is 0 Å². The van der Waals surface area contributed by atoms with E-state index in [2.05, 4.69) is 28.5 Å². The standard InChI is InChI=1S/C26H32N4O3/c1-33-15-7-13-28-17-22(25(31)29-14-12-19-8-5-6-9-20(19)16-29)24-23(18-28)26(32)30(27-24)21-10-3-2-4-11-21/h2-6,8-11,22-24,27H,7,12-18H2,1H3. The van der Waals surface area contributed by atoms with Crippen LogP contribution in [0.5, 0.6) is 0 Å². The number of fused-ring (bicyclic) bond motifs is 2. The van der Waals surface area contributed by atoms with Crippen LogP contribution >= 0.6 is 0 Å². The van der Waals surface area contributed by atoms with Crippen LogP contribution in [0, 0.1) is 11.8 Å². The first kappa shape index (κ1) is 22.1. The highest BCUT2D eigenvalue weighted by Gasteiger charge is 2.51. The molecule has 2 fully saturated rings. The Hall–Kier alpha value is -2.74. The number of benzene rings is 2. The molecule has 174 valence electrons. The summed E-state index contributed by atoms with van der Waals surface area (Å²) >= 11 is 0. The van der Waals surface area contributed by atoms with Gasteiger partial charge in [-0.15, -0.1) is 0 Å². The summed E-state index contributed by atoms with van der Waals surface area (Å²) in [6.07, 6.45) is 1.76. The van der Waals surface area contributed by atoms with E-state index in [0.29, 0.717) is 26.2 Å². The van der Waals surface area contributed by atoms with E-state index in [1.165, 1.54) is 11.1 Å². The minimum atomic E-state index is -0.269. The maximum Gasteiger partial charge on any atom is 0.247 e. The molecule has 3 aliphatic rings. The largest absolute Gasteiger partial charge is 0.385 e. The van der Waals surface area contributed by atoms with Crippen molar-refractivity contribution in [2.75, 3.05) is 44.9 Å². The number of anilines is 1. The van der Waals surface area contributed by atoms with Crippen LogP contribution in [0.3, 0.4) is 0 Å². The number of para-hydroxylation sites is 1. The number of nitrogens with zero attached hydrogens (tertiary/aromatic N) is 3. The Balaban J connectivity index is 1.38. The lowest BCUT2D eigenvalue weighted by Gasteiger charge is -2.41. The fourth-order valence-electron chi connectivity index (χ4n) is 5.47. The molecule has 3 atom stereocenters. The molecule has 2 aromatic rings. The van der Waals surface area contributed by atoms with Crippen LogP contribution in [-0.4, -0.2) is 67.6 Å². The van der Waals surface area contributed by atoms with E-state index in [4.69, 9.17) is 4.74 Å². The number of likely N-dealkylation sites (tertiary alicyclic amines) is 1. The van der Waals surface area contributed by atoms with Crippen LogP contribution in [-0.2, 0) is 27.3 Å². The zero-order chi connectivity index (χ0) is 22.8. The van der Waals surface area contributed by atoms with Crippen molar-refractivity contribution in [1.82, 2.24) is 15.2 Å². The number of rotatable bonds is 6. The predicted molar refractivity (Wildman–Crippen MR) is 126 cm³/mol. The zero-order valence-electron chi connectivity index (χ0n) is 19.2. The molecule has 5 rings (SSSR count). The average Bonchev–Trinajstić information content (AvgIpc) is 3.20. The number of hydrogen-bond donors (Lipinski definition) is 1. The van der Waals surface area contributed by atoms with Crippen molar-refractivity contribution in [3.8, 4) is 0 Å². The summed E-state index contributed by atoms with van der Waals surface area (Å²) in [5.41, 5.74) is 6.79. The Morgan fingerprint density at radius 2 is 1.82 bits per heavy atom. The molecule has 0 radical (unpaired) electrons. The monoisotopic (exact) mass is 448 g/mol. The molecule has 33 heavy (non-hydrogen) atoms. The minimum absolute atomic E-state index is 0.0458. The smallest absolute Gasteiger partial charge is 0.247 e. The van der Waals surface area contributed by atoms with Gasteiger partial charge in [0, 0.05) is 46.4 Å². The average molecular weight is 449 g/mol. The number of nitrogens with one attached hydrogen (secondary N) is 1. The molecular weight excluding hydrogens is 416 g/mol. The minimum Gasteiger partial charge on any atom is -0.385 e. The molecule has 2 saturated heterocycles. The van der Waals surface area contributed by atoms with Gasteiger partial charge in [-0.2, -0.15) is 0 Å². The van der Waals surface area contributed by atoms with Gasteiger partial charge in [-0.25, -0.2) is 10.4 Å². The number of ether oxygens (including phenoxy) is 1. The summed E-state index contributed by atoms with van der Waals surface area (Å²) in [4.78, 5) is 31.5. The van der Waals surface area contributed by atoms with Crippen LogP contribution in [0.25, 0.3) is 0 Å². The molecule has 0 aromatic heterocycles. The summed E-state index contributed by atoms with van der Waals surface area (Å²) in [5.74, 6) is -0.322. The first-order valence-corrected chi connectivity index (χ1v) is 11.9. The molecule has 7 heteroatoms. The van der Waals surface area contributed by atoms with Crippen LogP contribution in [0.15, 0.2) is 54.6 Å². The number of hydrogen-bond acceptors (Lipinski definition) is 5. The Morgan fingerprint density at radius 3 is 2.61 bits per heavy atom. The van der Waals surface area contributed by atoms with Crippen LogP contribution in [0.1, 0.15) is 17.5 Å². The molecule has 0 aliphatic carbocycles. The van der Waals surface area contributed by atoms with Crippen molar-refractivity contribution in [1.29, 1.82) is 0 Å². The number of hydrazine groups is 1. The van der Waals surface area contributed by atoms with E-state index < -0.39 is 0 Å². The van der Waals surface area contributed by atoms with E-state index in [0.717, 1.165) is 31.6 Å². The van der Waals surface area contributed by atoms with Gasteiger partial charge in [0.1, 0.15) is 0 Å². The molecule has 3 heterocycles. The predicted octanol–water partition coefficient (Wildman–Crippen LogP) is 2.08. The second kappa shape index (κ2) is 9.63. The summed E-state index contributed by atoms with van der Waals surface area (Å²) in [7, 11) is 1.70. The SMILES string of the molecule is COCCCN1CC(C(=O)N2CCc3ccccc3C2)C2NN(c3ccccc3)C(=O)C2C1. The summed E-state index contributed by atoms with van der Waals surface area (Å²) in [5, 5.41) is 1.65. The number of carbonyl (C=O) groups excluding carboxylic acids is 2. The summed E-state index contributed by atoms with van der Waals surface area (Å²) in [6.45, 7) is 4.18. The van der Waals surface area contributed by atoms with Gasteiger partial charge in [0.2, 0.25) is 11.8 Å². The lowest BCUT2D eigenvalue weighted by Crippen LogP contribution is -2.58. The van der Waals surface area contributed by atoms with E-state index in [9.17, 15) is 9.59 Å². The number of piperidine rings is 1. The lowest BCUT2D eigenvalue weighted by atomic mass is 9.83. The van der Waals surface area contributed by atoms with Crippen molar-refractivity contribution < 1.29 is 14.3 Å². The highest BCUT2D eigenvalue weighted by Crippen LogP contribution is 2.33. The summed E-state index contributed by atoms with van der Waals surface area (Å²) in [6, 6.07) is 17.8. The Kier molecular flexibility index (Phi) is 6.44. The fourth-order valence-corrected chi connectivity index (χ4v) is 5.47. The van der Waals surface area contributed by atoms with Gasteiger partial charge in [0.15, 0.2) is 0 Å². The van der Waals surface area contributed by atoms with Gasteiger partial charge in [-0.3, -0.25) is 9.59 Å². The van der Waals surface area contributed by atoms with E-state index in [1.54, 1.807) is 12.1 Å². The van der Waals surface area contributed by atoms with Crippen LogP contribution in [0.2, 0.25) is 0 Å². The van der Waals surface area contributed by atoms with Gasteiger partial charge in [-0.1, -0.05) is 42.5 Å². The second-order valence-corrected chi connectivity index (χ2v) is 9.26. The Labute approximate surface area is 195 Å². The molecule has 7 nitrogen and oxygen atoms in total. The first-order valence-electron chi connectivity index (χ1n) is 11.9. The Bertz CT molecular complexity index is 998. The van der Waals surface area contributed by atoms with Crippen molar-refractivity contribution in [2.24, 2.45) is 11.8 Å². The molecule has 2 amide bonds. The fraction of sp³-hybridized carbons (Fsp3) is 0.462. The van der Waals surface area contributed by atoms with Crippen molar-refractivity contribution in [3.05, 3.63) is 65.7 Å². The molecule has 0 saturated carbocycles. The molecular formula is C26H32N4O3. The first-order chi connectivity index (χ1) is 16.2. The number of carbonyl (C=O) groups is 2. The number of amides is 2. The third-order valence-electron chi connectivity index (χ3n) is 7.19. The van der Waals surface area contributed by atoms with Gasteiger partial charge in [0.05, 0.1) is 23.6 Å². The maximum atomic E-state index is 13.8. The third-order valence-corrected chi connectivity index (χ3v) is 7.19. The van der Waals surface area contributed by atoms with E-state index in [1.807, 2.05) is 41.3 Å². The van der Waals surface area contributed by atoms with Gasteiger partial charge in [0.25, 0.3) is 0 Å².